The summed E-state index contributed by atoms with van der Waals surface area (Å²) in [6.45, 7) is 0. The van der Waals surface area contributed by atoms with Crippen LogP contribution in [0.4, 0.5) is 0 Å². The van der Waals surface area contributed by atoms with Crippen LogP contribution in [0.25, 0.3) is 116 Å². The molecule has 5 heterocycles. The Labute approximate surface area is 325 Å². The van der Waals surface area contributed by atoms with E-state index >= 15 is 0 Å². The standard InChI is InChI=1S/C51H30N6/c1-7-22-42-34(13-1)35-14-2-8-23-43(35)56(42)50-52-49(53-51(54-50)57-44-24-9-3-15-36(44)37-16-4-10-25-45(37)57)32-29-27-31(28-30-32)33-18-12-26-46-47(33)40-20-11-19-39-38-17-5-6-21-41(38)55(46)48(39)40/h1-30H. The molecule has 6 heteroatoms. The normalized spacial score (nSPS) is 12.2. The number of fused-ring (bicyclic) bond motifs is 12. The van der Waals surface area contributed by atoms with Gasteiger partial charge in [-0.3, -0.25) is 9.13 Å². The van der Waals surface area contributed by atoms with Gasteiger partial charge in [-0.05, 0) is 47.5 Å². The SMILES string of the molecule is c1ccc2c(c1)c1ccccc1n2-c1nc(-c2ccc(-c3cccc4c3c3cccc5c6ccccc6n4c53)cc2)nc(-n2c3ccccc3c3ccccc32)n1. The molecule has 264 valence electrons. The van der Waals surface area contributed by atoms with Crippen LogP contribution in [0.2, 0.25) is 0 Å². The molecular formula is C51H30N6. The molecule has 0 aliphatic rings. The van der Waals surface area contributed by atoms with Crippen LogP contribution in [0.3, 0.4) is 0 Å². The fourth-order valence-electron chi connectivity index (χ4n) is 9.48. The molecule has 0 spiro atoms. The summed E-state index contributed by atoms with van der Waals surface area (Å²) in [4.78, 5) is 15.9. The zero-order valence-corrected chi connectivity index (χ0v) is 30.5. The highest BCUT2D eigenvalue weighted by atomic mass is 15.3. The molecule has 0 N–H and O–H groups in total. The molecule has 5 aromatic heterocycles. The van der Waals surface area contributed by atoms with Gasteiger partial charge < -0.3 is 4.40 Å². The summed E-state index contributed by atoms with van der Waals surface area (Å²) in [5.74, 6) is 1.75. The third kappa shape index (κ3) is 4.16. The van der Waals surface area contributed by atoms with E-state index in [9.17, 15) is 0 Å². The lowest BCUT2D eigenvalue weighted by atomic mass is 9.97. The third-order valence-corrected chi connectivity index (χ3v) is 11.9. The van der Waals surface area contributed by atoms with Crippen molar-refractivity contribution in [1.82, 2.24) is 28.5 Å². The molecule has 13 rings (SSSR count). The molecule has 0 bridgehead atoms. The summed E-state index contributed by atoms with van der Waals surface area (Å²) in [6.07, 6.45) is 0. The van der Waals surface area contributed by atoms with Crippen molar-refractivity contribution in [1.29, 1.82) is 0 Å². The number of para-hydroxylation sites is 6. The minimum Gasteiger partial charge on any atom is -0.308 e. The second-order valence-electron chi connectivity index (χ2n) is 14.8. The molecule has 0 radical (unpaired) electrons. The van der Waals surface area contributed by atoms with Crippen molar-refractivity contribution in [3.63, 3.8) is 0 Å². The van der Waals surface area contributed by atoms with Gasteiger partial charge in [0.15, 0.2) is 5.82 Å². The van der Waals surface area contributed by atoms with Crippen molar-refractivity contribution in [3.05, 3.63) is 182 Å². The van der Waals surface area contributed by atoms with Crippen LogP contribution in [0.1, 0.15) is 0 Å². The van der Waals surface area contributed by atoms with Gasteiger partial charge in [0.05, 0.1) is 38.6 Å². The van der Waals surface area contributed by atoms with Crippen LogP contribution in [-0.2, 0) is 0 Å². The first-order valence-corrected chi connectivity index (χ1v) is 19.3. The van der Waals surface area contributed by atoms with Crippen LogP contribution >= 0.6 is 0 Å². The Morgan fingerprint density at radius 2 is 0.702 bits per heavy atom. The quantitative estimate of drug-likeness (QED) is 0.181. The van der Waals surface area contributed by atoms with Crippen LogP contribution in [0, 0.1) is 0 Å². The molecule has 0 amide bonds. The molecular weight excluding hydrogens is 697 g/mol. The smallest absolute Gasteiger partial charge is 0.240 e. The van der Waals surface area contributed by atoms with E-state index in [2.05, 4.69) is 196 Å². The number of hydrogen-bond donors (Lipinski definition) is 0. The summed E-state index contributed by atoms with van der Waals surface area (Å²) in [6, 6.07) is 64.7. The summed E-state index contributed by atoms with van der Waals surface area (Å²) < 4.78 is 6.79. The molecule has 0 aliphatic heterocycles. The number of aromatic nitrogens is 6. The van der Waals surface area contributed by atoms with E-state index in [4.69, 9.17) is 15.0 Å². The lowest BCUT2D eigenvalue weighted by Gasteiger charge is -2.13. The van der Waals surface area contributed by atoms with Crippen molar-refractivity contribution in [3.8, 4) is 34.4 Å². The monoisotopic (exact) mass is 726 g/mol. The fourth-order valence-corrected chi connectivity index (χ4v) is 9.48. The Kier molecular flexibility index (Phi) is 6.07. The van der Waals surface area contributed by atoms with E-state index in [-0.39, 0.29) is 0 Å². The molecule has 0 saturated heterocycles. The predicted octanol–water partition coefficient (Wildman–Crippen LogP) is 12.5. The van der Waals surface area contributed by atoms with Crippen molar-refractivity contribution in [2.45, 2.75) is 0 Å². The van der Waals surface area contributed by atoms with Gasteiger partial charge in [0.2, 0.25) is 11.9 Å². The maximum atomic E-state index is 5.30. The van der Waals surface area contributed by atoms with Crippen LogP contribution < -0.4 is 0 Å². The third-order valence-electron chi connectivity index (χ3n) is 11.9. The van der Waals surface area contributed by atoms with Gasteiger partial charge in [-0.2, -0.15) is 15.0 Å². The van der Waals surface area contributed by atoms with Gasteiger partial charge in [0.25, 0.3) is 0 Å². The molecule has 6 nitrogen and oxygen atoms in total. The first-order valence-electron chi connectivity index (χ1n) is 19.3. The van der Waals surface area contributed by atoms with Gasteiger partial charge in [0.1, 0.15) is 0 Å². The van der Waals surface area contributed by atoms with E-state index in [1.165, 1.54) is 43.7 Å². The van der Waals surface area contributed by atoms with Crippen LogP contribution in [0.15, 0.2) is 182 Å². The summed E-state index contributed by atoms with van der Waals surface area (Å²) in [5.41, 5.74) is 11.2. The lowest BCUT2D eigenvalue weighted by Crippen LogP contribution is -2.10. The molecule has 0 aliphatic carbocycles. The molecule has 13 aromatic rings. The zero-order valence-electron chi connectivity index (χ0n) is 30.5. The Morgan fingerprint density at radius 3 is 1.25 bits per heavy atom. The van der Waals surface area contributed by atoms with Gasteiger partial charge in [0, 0.05) is 48.7 Å². The second kappa shape index (κ2) is 11.4. The molecule has 57 heavy (non-hydrogen) atoms. The van der Waals surface area contributed by atoms with Gasteiger partial charge in [-0.25, -0.2) is 0 Å². The molecule has 0 saturated carbocycles. The maximum Gasteiger partial charge on any atom is 0.240 e. The van der Waals surface area contributed by atoms with E-state index < -0.39 is 0 Å². The van der Waals surface area contributed by atoms with Crippen LogP contribution in [-0.4, -0.2) is 28.5 Å². The number of hydrogen-bond acceptors (Lipinski definition) is 3. The predicted molar refractivity (Wildman–Crippen MR) is 234 cm³/mol. The van der Waals surface area contributed by atoms with E-state index in [0.717, 1.165) is 54.7 Å². The highest BCUT2D eigenvalue weighted by molar-refractivity contribution is 6.26. The number of rotatable bonds is 4. The topological polar surface area (TPSA) is 52.9 Å². The van der Waals surface area contributed by atoms with Gasteiger partial charge >= 0.3 is 0 Å². The fraction of sp³-hybridized carbons (Fsp3) is 0. The zero-order chi connectivity index (χ0) is 37.2. The minimum absolute atomic E-state index is 0.571. The highest BCUT2D eigenvalue weighted by Crippen LogP contribution is 2.43. The average molecular weight is 727 g/mol. The lowest BCUT2D eigenvalue weighted by molar-refractivity contribution is 0.893. The summed E-state index contributed by atoms with van der Waals surface area (Å²) in [7, 11) is 0. The van der Waals surface area contributed by atoms with Crippen molar-refractivity contribution < 1.29 is 0 Å². The second-order valence-corrected chi connectivity index (χ2v) is 14.8. The van der Waals surface area contributed by atoms with E-state index in [1.807, 2.05) is 0 Å². The number of nitrogens with zero attached hydrogens (tertiary/aromatic N) is 6. The Morgan fingerprint density at radius 1 is 0.298 bits per heavy atom. The average Bonchev–Trinajstić information content (AvgIpc) is 4.01. The number of benzene rings is 8. The van der Waals surface area contributed by atoms with Crippen molar-refractivity contribution in [2.24, 2.45) is 0 Å². The van der Waals surface area contributed by atoms with Crippen molar-refractivity contribution in [2.75, 3.05) is 0 Å². The molecule has 0 atom stereocenters. The molecule has 0 fully saturated rings. The minimum atomic E-state index is 0.571. The first kappa shape index (κ1) is 30.5. The Balaban J connectivity index is 1.04. The van der Waals surface area contributed by atoms with E-state index in [1.54, 1.807) is 0 Å². The largest absolute Gasteiger partial charge is 0.308 e. The van der Waals surface area contributed by atoms with Gasteiger partial charge in [-0.1, -0.05) is 146 Å². The van der Waals surface area contributed by atoms with E-state index in [0.29, 0.717) is 17.7 Å². The summed E-state index contributed by atoms with van der Waals surface area (Å²) in [5, 5.41) is 9.72. The Bertz CT molecular complexity index is 3520. The Hall–Kier alpha value is -7.83. The summed E-state index contributed by atoms with van der Waals surface area (Å²) >= 11 is 0. The van der Waals surface area contributed by atoms with Gasteiger partial charge in [-0.15, -0.1) is 0 Å². The molecule has 8 aromatic carbocycles. The highest BCUT2D eigenvalue weighted by Gasteiger charge is 2.22. The van der Waals surface area contributed by atoms with Crippen molar-refractivity contribution >= 4 is 81.7 Å². The molecule has 0 unspecified atom stereocenters. The first-order chi connectivity index (χ1) is 28.3. The van der Waals surface area contributed by atoms with Crippen LogP contribution in [0.5, 0.6) is 0 Å². The maximum absolute atomic E-state index is 5.30.